The first-order valence-electron chi connectivity index (χ1n) is 7.11. The quantitative estimate of drug-likeness (QED) is 0.794. The summed E-state index contributed by atoms with van der Waals surface area (Å²) in [7, 11) is 0. The van der Waals surface area contributed by atoms with Crippen molar-refractivity contribution in [1.29, 1.82) is 0 Å². The molecule has 5 heteroatoms. The Morgan fingerprint density at radius 3 is 2.47 bits per heavy atom. The van der Waals surface area contributed by atoms with Gasteiger partial charge in [0.25, 0.3) is 0 Å². The summed E-state index contributed by atoms with van der Waals surface area (Å²) in [6.07, 6.45) is 0.570. The molecule has 0 bridgehead atoms. The fourth-order valence-electron chi connectivity index (χ4n) is 3.29. The zero-order valence-corrected chi connectivity index (χ0v) is 12.0. The van der Waals surface area contributed by atoms with Crippen molar-refractivity contribution in [1.82, 2.24) is 10.2 Å². The predicted molar refractivity (Wildman–Crippen MR) is 71.6 cm³/mol. The lowest BCUT2D eigenvalue weighted by molar-refractivity contribution is -0.151. The van der Waals surface area contributed by atoms with Gasteiger partial charge in [0.2, 0.25) is 5.91 Å². The topological polar surface area (TPSA) is 69.6 Å². The minimum atomic E-state index is -0.768. The third-order valence-corrected chi connectivity index (χ3v) is 4.98. The van der Waals surface area contributed by atoms with Gasteiger partial charge in [-0.1, -0.05) is 20.8 Å². The third-order valence-electron chi connectivity index (χ3n) is 4.98. The highest BCUT2D eigenvalue weighted by molar-refractivity contribution is 5.83. The molecule has 2 aliphatic heterocycles. The van der Waals surface area contributed by atoms with Crippen molar-refractivity contribution in [3.05, 3.63) is 0 Å². The maximum atomic E-state index is 12.5. The van der Waals surface area contributed by atoms with E-state index in [1.807, 2.05) is 13.8 Å². The monoisotopic (exact) mass is 268 g/mol. The molecule has 0 saturated carbocycles. The van der Waals surface area contributed by atoms with E-state index in [0.29, 0.717) is 25.4 Å². The van der Waals surface area contributed by atoms with Crippen LogP contribution in [0.2, 0.25) is 0 Å². The van der Waals surface area contributed by atoms with Crippen LogP contribution in [0.15, 0.2) is 0 Å². The summed E-state index contributed by atoms with van der Waals surface area (Å²) in [4.78, 5) is 25.8. The summed E-state index contributed by atoms with van der Waals surface area (Å²) in [5, 5.41) is 12.7. The number of hydrogen-bond donors (Lipinski definition) is 2. The van der Waals surface area contributed by atoms with Gasteiger partial charge in [-0.15, -0.1) is 0 Å². The highest BCUT2D eigenvalue weighted by Gasteiger charge is 2.49. The van der Waals surface area contributed by atoms with Crippen molar-refractivity contribution >= 4 is 11.9 Å². The summed E-state index contributed by atoms with van der Waals surface area (Å²) in [6, 6.07) is 0. The van der Waals surface area contributed by atoms with Crippen LogP contribution in [-0.4, -0.2) is 48.1 Å². The van der Waals surface area contributed by atoms with E-state index in [4.69, 9.17) is 0 Å². The summed E-state index contributed by atoms with van der Waals surface area (Å²) in [6.45, 7) is 8.47. The molecule has 108 valence electrons. The molecule has 1 amide bonds. The first-order valence-corrected chi connectivity index (χ1v) is 7.11. The average Bonchev–Trinajstić information content (AvgIpc) is 2.94. The van der Waals surface area contributed by atoms with E-state index in [9.17, 15) is 14.7 Å². The largest absolute Gasteiger partial charge is 0.481 e. The fraction of sp³-hybridized carbons (Fsp3) is 0.857. The Hall–Kier alpha value is -1.10. The highest BCUT2D eigenvalue weighted by atomic mass is 16.4. The van der Waals surface area contributed by atoms with Crippen LogP contribution in [0.25, 0.3) is 0 Å². The van der Waals surface area contributed by atoms with Gasteiger partial charge in [-0.2, -0.15) is 0 Å². The van der Waals surface area contributed by atoms with E-state index in [-0.39, 0.29) is 17.7 Å². The van der Waals surface area contributed by atoms with Gasteiger partial charge in [0.05, 0.1) is 11.3 Å². The van der Waals surface area contributed by atoms with Crippen LogP contribution in [0.3, 0.4) is 0 Å². The van der Waals surface area contributed by atoms with Crippen LogP contribution < -0.4 is 5.32 Å². The average molecular weight is 268 g/mol. The first kappa shape index (κ1) is 14.3. The Kier molecular flexibility index (Phi) is 3.85. The number of hydrogen-bond acceptors (Lipinski definition) is 3. The van der Waals surface area contributed by atoms with E-state index in [2.05, 4.69) is 12.2 Å². The molecule has 0 spiro atoms. The lowest BCUT2D eigenvalue weighted by Gasteiger charge is -2.29. The molecule has 19 heavy (non-hydrogen) atoms. The Morgan fingerprint density at radius 1 is 1.37 bits per heavy atom. The lowest BCUT2D eigenvalue weighted by atomic mass is 9.76. The molecule has 2 saturated heterocycles. The lowest BCUT2D eigenvalue weighted by Crippen LogP contribution is -2.43. The number of carboxylic acid groups (broad SMARTS) is 1. The minimum Gasteiger partial charge on any atom is -0.481 e. The number of rotatable bonds is 3. The Labute approximate surface area is 114 Å². The number of amides is 1. The van der Waals surface area contributed by atoms with E-state index < -0.39 is 11.4 Å². The van der Waals surface area contributed by atoms with E-state index in [0.717, 1.165) is 13.1 Å². The molecule has 0 aliphatic carbocycles. The van der Waals surface area contributed by atoms with E-state index in [1.165, 1.54) is 0 Å². The van der Waals surface area contributed by atoms with Gasteiger partial charge in [-0.3, -0.25) is 9.59 Å². The number of carbonyl (C=O) groups is 2. The van der Waals surface area contributed by atoms with Crippen molar-refractivity contribution in [2.45, 2.75) is 27.2 Å². The second kappa shape index (κ2) is 5.12. The molecule has 2 aliphatic rings. The number of carbonyl (C=O) groups excluding carboxylic acids is 1. The second-order valence-corrected chi connectivity index (χ2v) is 6.37. The number of likely N-dealkylation sites (tertiary alicyclic amines) is 1. The van der Waals surface area contributed by atoms with Gasteiger partial charge in [0.1, 0.15) is 0 Å². The second-order valence-electron chi connectivity index (χ2n) is 6.37. The van der Waals surface area contributed by atoms with Gasteiger partial charge >= 0.3 is 5.97 Å². The minimum absolute atomic E-state index is 0.0109. The third kappa shape index (κ3) is 2.36. The zero-order valence-electron chi connectivity index (χ0n) is 12.0. The molecule has 2 heterocycles. The molecule has 2 N–H and O–H groups in total. The van der Waals surface area contributed by atoms with Crippen LogP contribution in [-0.2, 0) is 9.59 Å². The zero-order chi connectivity index (χ0) is 14.2. The van der Waals surface area contributed by atoms with Gasteiger partial charge in [0.15, 0.2) is 0 Å². The number of aliphatic carboxylic acids is 1. The van der Waals surface area contributed by atoms with Crippen LogP contribution in [0.4, 0.5) is 0 Å². The van der Waals surface area contributed by atoms with Crippen molar-refractivity contribution in [2.24, 2.45) is 23.2 Å². The van der Waals surface area contributed by atoms with Crippen molar-refractivity contribution in [2.75, 3.05) is 26.2 Å². The Balaban J connectivity index is 2.09. The van der Waals surface area contributed by atoms with Gasteiger partial charge < -0.3 is 15.3 Å². The summed E-state index contributed by atoms with van der Waals surface area (Å²) >= 11 is 0. The van der Waals surface area contributed by atoms with Crippen LogP contribution in [0, 0.1) is 23.2 Å². The number of carboxylic acids is 1. The van der Waals surface area contributed by atoms with Gasteiger partial charge in [0, 0.05) is 19.6 Å². The molecule has 0 aromatic rings. The van der Waals surface area contributed by atoms with Crippen molar-refractivity contribution in [3.8, 4) is 0 Å². The molecular formula is C14H24N2O3. The normalized spacial score (nSPS) is 35.1. The summed E-state index contributed by atoms with van der Waals surface area (Å²) in [5.41, 5.74) is -0.759. The molecule has 0 aromatic heterocycles. The Bertz CT molecular complexity index is 383. The fourth-order valence-corrected chi connectivity index (χ4v) is 3.29. The molecule has 2 fully saturated rings. The Morgan fingerprint density at radius 2 is 2.05 bits per heavy atom. The van der Waals surface area contributed by atoms with Crippen molar-refractivity contribution < 1.29 is 14.7 Å². The number of nitrogens with one attached hydrogen (secondary N) is 1. The standard InChI is InChI=1S/C14H24N2O3/c1-9(2)14(13(18)19)4-5-16(8-14)12(17)11-7-15-6-10(11)3/h9-11,15H,4-8H2,1-3H3,(H,18,19). The van der Waals surface area contributed by atoms with Crippen LogP contribution in [0.5, 0.6) is 0 Å². The first-order chi connectivity index (χ1) is 8.88. The maximum absolute atomic E-state index is 12.5. The highest BCUT2D eigenvalue weighted by Crippen LogP contribution is 2.39. The van der Waals surface area contributed by atoms with Crippen molar-refractivity contribution in [3.63, 3.8) is 0 Å². The molecule has 5 nitrogen and oxygen atoms in total. The molecule has 0 aromatic carbocycles. The molecule has 0 radical (unpaired) electrons. The molecule has 3 atom stereocenters. The molecule has 2 rings (SSSR count). The van der Waals surface area contributed by atoms with Gasteiger partial charge in [-0.25, -0.2) is 0 Å². The molecular weight excluding hydrogens is 244 g/mol. The smallest absolute Gasteiger partial charge is 0.311 e. The SMILES string of the molecule is CC1CNCC1C(=O)N1CCC(C(=O)O)(C(C)C)C1. The predicted octanol–water partition coefficient (Wildman–Crippen LogP) is 0.801. The number of nitrogens with zero attached hydrogens (tertiary/aromatic N) is 1. The van der Waals surface area contributed by atoms with Crippen LogP contribution in [0.1, 0.15) is 27.2 Å². The van der Waals surface area contributed by atoms with E-state index in [1.54, 1.807) is 4.90 Å². The summed E-state index contributed by atoms with van der Waals surface area (Å²) < 4.78 is 0. The molecule has 3 unspecified atom stereocenters. The van der Waals surface area contributed by atoms with Crippen LogP contribution >= 0.6 is 0 Å². The summed E-state index contributed by atoms with van der Waals surface area (Å²) in [5.74, 6) is -0.248. The maximum Gasteiger partial charge on any atom is 0.311 e. The van der Waals surface area contributed by atoms with Gasteiger partial charge in [-0.05, 0) is 24.8 Å². The van der Waals surface area contributed by atoms with E-state index >= 15 is 0 Å².